The minimum atomic E-state index is 0. The fourth-order valence-electron chi connectivity index (χ4n) is 0.552. The van der Waals surface area contributed by atoms with Crippen LogP contribution in [0, 0.1) is 5.92 Å². The van der Waals surface area contributed by atoms with Crippen LogP contribution in [-0.4, -0.2) is 0 Å². The van der Waals surface area contributed by atoms with Gasteiger partial charge in [0.1, 0.15) is 0 Å². The van der Waals surface area contributed by atoms with E-state index in [2.05, 4.69) is 6.92 Å². The van der Waals surface area contributed by atoms with Crippen molar-refractivity contribution in [3.8, 4) is 0 Å². The zero-order chi connectivity index (χ0) is 9.23. The van der Waals surface area contributed by atoms with Crippen molar-refractivity contribution in [2.75, 3.05) is 0 Å². The molecular weight excluding hydrogens is 156 g/mol. The highest BCUT2D eigenvalue weighted by atomic mass is 14.2. The van der Waals surface area contributed by atoms with Crippen LogP contribution in [0.1, 0.15) is 41.0 Å². The van der Waals surface area contributed by atoms with E-state index in [1.807, 2.05) is 50.2 Å². The molecule has 0 aromatic heterocycles. The van der Waals surface area contributed by atoms with E-state index in [9.17, 15) is 0 Å². The molecule has 0 saturated heterocycles. The Hall–Kier alpha value is -0.780. The molecule has 1 aliphatic carbocycles. The molecule has 1 aromatic carbocycles. The molecule has 0 bridgehead atoms. The van der Waals surface area contributed by atoms with Gasteiger partial charge in [0.2, 0.25) is 0 Å². The van der Waals surface area contributed by atoms with Crippen LogP contribution in [0.25, 0.3) is 0 Å². The molecule has 1 aromatic rings. The third kappa shape index (κ3) is 14.1. The lowest BCUT2D eigenvalue weighted by Gasteiger charge is -1.69. The molecule has 0 atom stereocenters. The summed E-state index contributed by atoms with van der Waals surface area (Å²) in [5.41, 5.74) is 0. The van der Waals surface area contributed by atoms with Crippen LogP contribution < -0.4 is 0 Å². The van der Waals surface area contributed by atoms with Crippen molar-refractivity contribution in [1.29, 1.82) is 0 Å². The SMILES string of the molecule is C.CC.CC1CC1.c1ccccc1. The van der Waals surface area contributed by atoms with Gasteiger partial charge in [-0.25, -0.2) is 0 Å². The Morgan fingerprint density at radius 3 is 1.00 bits per heavy atom. The van der Waals surface area contributed by atoms with E-state index in [1.54, 1.807) is 0 Å². The predicted molar refractivity (Wildman–Crippen MR) is 62.9 cm³/mol. The Balaban J connectivity index is 0. The summed E-state index contributed by atoms with van der Waals surface area (Å²) in [6, 6.07) is 12.0. The molecule has 76 valence electrons. The first-order chi connectivity index (χ1) is 5.89. The van der Waals surface area contributed by atoms with Gasteiger partial charge in [-0.3, -0.25) is 0 Å². The Morgan fingerprint density at radius 1 is 0.769 bits per heavy atom. The van der Waals surface area contributed by atoms with Gasteiger partial charge < -0.3 is 0 Å². The summed E-state index contributed by atoms with van der Waals surface area (Å²) in [6.45, 7) is 6.28. The summed E-state index contributed by atoms with van der Waals surface area (Å²) in [5.74, 6) is 1.08. The second-order valence-corrected chi connectivity index (χ2v) is 2.84. The van der Waals surface area contributed by atoms with Crippen molar-refractivity contribution >= 4 is 0 Å². The van der Waals surface area contributed by atoms with Crippen LogP contribution >= 0.6 is 0 Å². The molecule has 0 amide bonds. The Bertz CT molecular complexity index is 124. The van der Waals surface area contributed by atoms with Crippen LogP contribution in [0.15, 0.2) is 36.4 Å². The molecule has 0 heterocycles. The largest absolute Gasteiger partial charge is 0.0776 e. The highest BCUT2D eigenvalue weighted by Crippen LogP contribution is 2.26. The fraction of sp³-hybridized carbons (Fsp3) is 0.538. The minimum absolute atomic E-state index is 0. The lowest BCUT2D eigenvalue weighted by molar-refractivity contribution is 0.983. The predicted octanol–water partition coefficient (Wildman–Crippen LogP) is 4.77. The molecule has 1 aliphatic rings. The van der Waals surface area contributed by atoms with Gasteiger partial charge in [-0.15, -0.1) is 0 Å². The first-order valence-electron chi connectivity index (χ1n) is 4.89. The number of rotatable bonds is 0. The summed E-state index contributed by atoms with van der Waals surface area (Å²) < 4.78 is 0. The lowest BCUT2D eigenvalue weighted by atomic mass is 10.4. The quantitative estimate of drug-likeness (QED) is 0.539. The molecule has 0 nitrogen and oxygen atoms in total. The van der Waals surface area contributed by atoms with Gasteiger partial charge in [-0.1, -0.05) is 77.4 Å². The highest BCUT2D eigenvalue weighted by Gasteiger charge is 2.12. The zero-order valence-corrected chi connectivity index (χ0v) is 8.46. The molecule has 2 rings (SSSR count). The lowest BCUT2D eigenvalue weighted by Crippen LogP contribution is -1.47. The van der Waals surface area contributed by atoms with E-state index >= 15 is 0 Å². The van der Waals surface area contributed by atoms with Crippen molar-refractivity contribution in [2.24, 2.45) is 5.92 Å². The molecule has 0 radical (unpaired) electrons. The van der Waals surface area contributed by atoms with E-state index < -0.39 is 0 Å². The standard InChI is InChI=1S/C6H6.C4H8.C2H6.CH4/c1-2-4-6-5-3-1;1-4-2-3-4;1-2;/h1-6H;4H,2-3H2,1H3;1-2H3;1H4. The van der Waals surface area contributed by atoms with Gasteiger partial charge in [-0.05, 0) is 5.92 Å². The van der Waals surface area contributed by atoms with Crippen molar-refractivity contribution in [2.45, 2.75) is 41.0 Å². The third-order valence-corrected chi connectivity index (χ3v) is 1.53. The summed E-state index contributed by atoms with van der Waals surface area (Å²) in [5, 5.41) is 0. The first kappa shape index (κ1) is 14.7. The molecule has 1 saturated carbocycles. The summed E-state index contributed by atoms with van der Waals surface area (Å²) in [7, 11) is 0. The van der Waals surface area contributed by atoms with Crippen molar-refractivity contribution < 1.29 is 0 Å². The van der Waals surface area contributed by atoms with Gasteiger partial charge in [-0.2, -0.15) is 0 Å². The molecule has 13 heavy (non-hydrogen) atoms. The van der Waals surface area contributed by atoms with Crippen LogP contribution in [0.3, 0.4) is 0 Å². The van der Waals surface area contributed by atoms with Crippen LogP contribution in [0.5, 0.6) is 0 Å². The van der Waals surface area contributed by atoms with E-state index in [-0.39, 0.29) is 7.43 Å². The normalized spacial score (nSPS) is 12.2. The van der Waals surface area contributed by atoms with Gasteiger partial charge in [0, 0.05) is 0 Å². The fourth-order valence-corrected chi connectivity index (χ4v) is 0.552. The van der Waals surface area contributed by atoms with Crippen LogP contribution in [0.4, 0.5) is 0 Å². The maximum atomic E-state index is 2.28. The maximum Gasteiger partial charge on any atom is -0.0443 e. The molecule has 0 heteroatoms. The van der Waals surface area contributed by atoms with E-state index in [4.69, 9.17) is 0 Å². The van der Waals surface area contributed by atoms with Gasteiger partial charge in [0.25, 0.3) is 0 Å². The summed E-state index contributed by atoms with van der Waals surface area (Å²) in [6.07, 6.45) is 2.97. The van der Waals surface area contributed by atoms with Crippen molar-refractivity contribution in [3.63, 3.8) is 0 Å². The van der Waals surface area contributed by atoms with Gasteiger partial charge in [0.15, 0.2) is 0 Å². The second-order valence-electron chi connectivity index (χ2n) is 2.84. The van der Waals surface area contributed by atoms with Gasteiger partial charge >= 0.3 is 0 Å². The number of benzene rings is 1. The monoisotopic (exact) mass is 180 g/mol. The van der Waals surface area contributed by atoms with Crippen molar-refractivity contribution in [1.82, 2.24) is 0 Å². The second kappa shape index (κ2) is 11.2. The molecule has 1 fully saturated rings. The Morgan fingerprint density at radius 2 is 0.923 bits per heavy atom. The van der Waals surface area contributed by atoms with E-state index in [0.29, 0.717) is 0 Å². The average Bonchev–Trinajstić information content (AvgIpc) is 2.95. The number of hydrogen-bond acceptors (Lipinski definition) is 0. The molecule has 0 unspecified atom stereocenters. The first-order valence-corrected chi connectivity index (χ1v) is 4.89. The molecule has 0 spiro atoms. The topological polar surface area (TPSA) is 0 Å². The van der Waals surface area contributed by atoms with Crippen LogP contribution in [0.2, 0.25) is 0 Å². The van der Waals surface area contributed by atoms with E-state index in [1.165, 1.54) is 12.8 Å². The molecular formula is C13H24. The summed E-state index contributed by atoms with van der Waals surface area (Å²) in [4.78, 5) is 0. The zero-order valence-electron chi connectivity index (χ0n) is 8.46. The van der Waals surface area contributed by atoms with Crippen LogP contribution in [-0.2, 0) is 0 Å². The van der Waals surface area contributed by atoms with E-state index in [0.717, 1.165) is 5.92 Å². The minimum Gasteiger partial charge on any atom is -0.0776 e. The Kier molecular flexibility index (Phi) is 12.7. The number of hydrogen-bond donors (Lipinski definition) is 0. The molecule has 0 N–H and O–H groups in total. The Labute approximate surface area is 84.0 Å². The van der Waals surface area contributed by atoms with Crippen molar-refractivity contribution in [3.05, 3.63) is 36.4 Å². The average molecular weight is 180 g/mol. The third-order valence-electron chi connectivity index (χ3n) is 1.53. The highest BCUT2D eigenvalue weighted by molar-refractivity contribution is 4.99. The maximum absolute atomic E-state index is 2.28. The molecule has 0 aliphatic heterocycles. The smallest absolute Gasteiger partial charge is 0.0443 e. The van der Waals surface area contributed by atoms with Gasteiger partial charge in [0.05, 0.1) is 0 Å². The summed E-state index contributed by atoms with van der Waals surface area (Å²) >= 11 is 0.